The van der Waals surface area contributed by atoms with Crippen molar-refractivity contribution in [2.75, 3.05) is 28.4 Å². The first-order chi connectivity index (χ1) is 17.1. The Morgan fingerprint density at radius 1 is 0.771 bits per heavy atom. The van der Waals surface area contributed by atoms with Crippen LogP contribution in [0.4, 0.5) is 0 Å². The molecule has 3 unspecified atom stereocenters. The number of hydrogen-bond donors (Lipinski definition) is 1. The van der Waals surface area contributed by atoms with E-state index in [-0.39, 0.29) is 5.41 Å². The van der Waals surface area contributed by atoms with Crippen LogP contribution in [0.15, 0.2) is 60.4 Å². The summed E-state index contributed by atoms with van der Waals surface area (Å²) in [5.74, 6) is 3.92. The van der Waals surface area contributed by atoms with Gasteiger partial charge in [0.25, 0.3) is 0 Å². The first-order valence-electron chi connectivity index (χ1n) is 12.4. The van der Waals surface area contributed by atoms with Gasteiger partial charge < -0.3 is 23.9 Å². The van der Waals surface area contributed by atoms with E-state index in [1.165, 1.54) is 47.9 Å². The van der Waals surface area contributed by atoms with E-state index in [1.807, 2.05) is 12.3 Å². The number of H-pyrrole nitrogens is 1. The number of aromatic nitrogens is 1. The molecule has 2 fully saturated rings. The number of ether oxygens (including phenoxy) is 4. The standard InChI is InChI=1S/C30H35NO4/c1-32-26-9-7-21(17-28(26)34-3)23-11-14-30(25(23)16-20-12-15-31-19-20)13-5-6-24(30)22-8-10-27(33-2)29(18-22)35-4/h7-10,12,15-19,23-24,31H,5-6,11,13-14H2,1-4H3. The second-order valence-electron chi connectivity index (χ2n) is 9.67. The summed E-state index contributed by atoms with van der Waals surface area (Å²) in [6.45, 7) is 0. The van der Waals surface area contributed by atoms with Gasteiger partial charge in [-0.2, -0.15) is 0 Å². The molecule has 35 heavy (non-hydrogen) atoms. The molecule has 0 aliphatic heterocycles. The average molecular weight is 474 g/mol. The van der Waals surface area contributed by atoms with Crippen molar-refractivity contribution in [3.63, 3.8) is 0 Å². The number of aromatic amines is 1. The zero-order chi connectivity index (χ0) is 24.4. The van der Waals surface area contributed by atoms with Crippen molar-refractivity contribution in [2.45, 2.75) is 43.9 Å². The molecule has 5 nitrogen and oxygen atoms in total. The Morgan fingerprint density at radius 3 is 2.06 bits per heavy atom. The molecule has 0 bridgehead atoms. The van der Waals surface area contributed by atoms with Crippen molar-refractivity contribution in [1.82, 2.24) is 4.98 Å². The fourth-order valence-electron chi connectivity index (χ4n) is 6.59. The highest BCUT2D eigenvalue weighted by Crippen LogP contribution is 2.65. The van der Waals surface area contributed by atoms with E-state index in [9.17, 15) is 0 Å². The van der Waals surface area contributed by atoms with E-state index in [2.05, 4.69) is 53.7 Å². The van der Waals surface area contributed by atoms with Crippen LogP contribution in [0.3, 0.4) is 0 Å². The van der Waals surface area contributed by atoms with Gasteiger partial charge in [-0.05, 0) is 84.0 Å². The molecule has 0 radical (unpaired) electrons. The van der Waals surface area contributed by atoms with Crippen molar-refractivity contribution in [3.05, 3.63) is 77.1 Å². The van der Waals surface area contributed by atoms with E-state index in [1.54, 1.807) is 28.4 Å². The molecule has 1 aromatic heterocycles. The summed E-state index contributed by atoms with van der Waals surface area (Å²) in [5.41, 5.74) is 5.51. The largest absolute Gasteiger partial charge is 0.493 e. The van der Waals surface area contributed by atoms with E-state index in [0.29, 0.717) is 11.8 Å². The SMILES string of the molecule is COc1ccc(C2CCC3(CCCC3c3ccc(OC)c(OC)c3)C2=Cc2cc[nH]c2)cc1OC. The lowest BCUT2D eigenvalue weighted by molar-refractivity contribution is 0.329. The second-order valence-corrected chi connectivity index (χ2v) is 9.67. The summed E-state index contributed by atoms with van der Waals surface area (Å²) >= 11 is 0. The molecular weight excluding hydrogens is 438 g/mol. The lowest BCUT2D eigenvalue weighted by Gasteiger charge is -2.35. The molecule has 2 saturated carbocycles. The molecule has 5 heteroatoms. The van der Waals surface area contributed by atoms with Crippen molar-refractivity contribution in [2.24, 2.45) is 5.41 Å². The van der Waals surface area contributed by atoms with E-state index in [0.717, 1.165) is 29.4 Å². The number of hydrogen-bond acceptors (Lipinski definition) is 4. The summed E-state index contributed by atoms with van der Waals surface area (Å²) in [6.07, 6.45) is 12.4. The molecule has 184 valence electrons. The van der Waals surface area contributed by atoms with Gasteiger partial charge >= 0.3 is 0 Å². The van der Waals surface area contributed by atoms with Gasteiger partial charge in [-0.1, -0.05) is 30.2 Å². The van der Waals surface area contributed by atoms with Crippen LogP contribution in [-0.2, 0) is 0 Å². The maximum absolute atomic E-state index is 5.67. The number of rotatable bonds is 7. The third kappa shape index (κ3) is 4.07. The van der Waals surface area contributed by atoms with Crippen LogP contribution in [0, 0.1) is 5.41 Å². The Hall–Kier alpha value is -3.34. The molecule has 1 spiro atoms. The summed E-state index contributed by atoms with van der Waals surface area (Å²) in [6, 6.07) is 15.0. The molecular formula is C30H35NO4. The number of benzene rings is 2. The molecule has 3 aromatic rings. The molecule has 0 saturated heterocycles. The van der Waals surface area contributed by atoms with Crippen LogP contribution in [0.2, 0.25) is 0 Å². The van der Waals surface area contributed by atoms with Crippen molar-refractivity contribution in [3.8, 4) is 23.0 Å². The van der Waals surface area contributed by atoms with Gasteiger partial charge in [0.15, 0.2) is 23.0 Å². The molecule has 2 aromatic carbocycles. The first kappa shape index (κ1) is 23.4. The highest BCUT2D eigenvalue weighted by molar-refractivity contribution is 5.61. The molecule has 3 atom stereocenters. The second kappa shape index (κ2) is 9.73. The fourth-order valence-corrected chi connectivity index (χ4v) is 6.59. The number of allylic oxidation sites excluding steroid dienone is 1. The molecule has 0 amide bonds. The Kier molecular flexibility index (Phi) is 6.50. The van der Waals surface area contributed by atoms with Gasteiger partial charge in [-0.3, -0.25) is 0 Å². The topological polar surface area (TPSA) is 52.7 Å². The molecule has 5 rings (SSSR count). The van der Waals surface area contributed by atoms with Crippen molar-refractivity contribution >= 4 is 6.08 Å². The third-order valence-electron chi connectivity index (χ3n) is 8.18. The summed E-state index contributed by atoms with van der Waals surface area (Å²) in [4.78, 5) is 3.23. The minimum atomic E-state index is 0.120. The Labute approximate surface area is 208 Å². The Balaban J connectivity index is 1.60. The first-order valence-corrected chi connectivity index (χ1v) is 12.4. The quantitative estimate of drug-likeness (QED) is 0.403. The van der Waals surface area contributed by atoms with Gasteiger partial charge in [0, 0.05) is 18.3 Å². The minimum Gasteiger partial charge on any atom is -0.493 e. The van der Waals surface area contributed by atoms with Crippen LogP contribution in [0.5, 0.6) is 23.0 Å². The van der Waals surface area contributed by atoms with Crippen LogP contribution >= 0.6 is 0 Å². The van der Waals surface area contributed by atoms with Gasteiger partial charge in [0.1, 0.15) is 0 Å². The highest BCUT2D eigenvalue weighted by atomic mass is 16.5. The maximum Gasteiger partial charge on any atom is 0.161 e. The Morgan fingerprint density at radius 2 is 1.43 bits per heavy atom. The van der Waals surface area contributed by atoms with Gasteiger partial charge in [0.05, 0.1) is 28.4 Å². The summed E-state index contributed by atoms with van der Waals surface area (Å²) in [5, 5.41) is 0. The maximum atomic E-state index is 5.67. The van der Waals surface area contributed by atoms with Crippen LogP contribution in [0.25, 0.3) is 6.08 Å². The number of nitrogens with one attached hydrogen (secondary N) is 1. The predicted octanol–water partition coefficient (Wildman–Crippen LogP) is 6.96. The van der Waals surface area contributed by atoms with Crippen molar-refractivity contribution < 1.29 is 18.9 Å². The number of methoxy groups -OCH3 is 4. The van der Waals surface area contributed by atoms with Crippen LogP contribution in [0.1, 0.15) is 60.6 Å². The normalized spacial score (nSPS) is 24.7. The third-order valence-corrected chi connectivity index (χ3v) is 8.18. The fraction of sp³-hybridized carbons (Fsp3) is 0.400. The smallest absolute Gasteiger partial charge is 0.161 e. The van der Waals surface area contributed by atoms with Gasteiger partial charge in [-0.25, -0.2) is 0 Å². The molecule has 1 N–H and O–H groups in total. The zero-order valence-electron chi connectivity index (χ0n) is 21.1. The van der Waals surface area contributed by atoms with Crippen LogP contribution in [-0.4, -0.2) is 33.4 Å². The Bertz CT molecular complexity index is 1200. The van der Waals surface area contributed by atoms with Crippen molar-refractivity contribution in [1.29, 1.82) is 0 Å². The van der Waals surface area contributed by atoms with Gasteiger partial charge in [0.2, 0.25) is 0 Å². The predicted molar refractivity (Wildman–Crippen MR) is 139 cm³/mol. The molecule has 1 heterocycles. The summed E-state index contributed by atoms with van der Waals surface area (Å²) < 4.78 is 22.3. The lowest BCUT2D eigenvalue weighted by Crippen LogP contribution is -2.23. The zero-order valence-corrected chi connectivity index (χ0v) is 21.1. The molecule has 2 aliphatic carbocycles. The summed E-state index contributed by atoms with van der Waals surface area (Å²) in [7, 11) is 6.80. The minimum absolute atomic E-state index is 0.120. The average Bonchev–Trinajstić information content (AvgIpc) is 3.65. The lowest BCUT2D eigenvalue weighted by atomic mass is 9.68. The van der Waals surface area contributed by atoms with E-state index >= 15 is 0 Å². The highest BCUT2D eigenvalue weighted by Gasteiger charge is 2.52. The van der Waals surface area contributed by atoms with Gasteiger partial charge in [-0.15, -0.1) is 0 Å². The van der Waals surface area contributed by atoms with E-state index in [4.69, 9.17) is 18.9 Å². The monoisotopic (exact) mass is 473 g/mol. The molecule has 2 aliphatic rings. The van der Waals surface area contributed by atoms with E-state index < -0.39 is 0 Å². The van der Waals surface area contributed by atoms with Crippen LogP contribution < -0.4 is 18.9 Å².